The van der Waals surface area contributed by atoms with E-state index < -0.39 is 16.5 Å². The molecule has 2 atom stereocenters. The zero-order chi connectivity index (χ0) is 20.8. The summed E-state index contributed by atoms with van der Waals surface area (Å²) in [6.07, 6.45) is 0.553. The minimum Gasteiger partial charge on any atom is -0.329 e. The van der Waals surface area contributed by atoms with Crippen molar-refractivity contribution >= 4 is 35.0 Å². The van der Waals surface area contributed by atoms with Crippen molar-refractivity contribution in [3.05, 3.63) is 69.8 Å². The topological polar surface area (TPSA) is 125 Å². The molecule has 0 aliphatic carbocycles. The molecule has 29 heavy (non-hydrogen) atoms. The molecule has 0 aromatic heterocycles. The summed E-state index contributed by atoms with van der Waals surface area (Å²) in [5, 5.41) is 16.1. The van der Waals surface area contributed by atoms with Crippen LogP contribution in [0.5, 0.6) is 0 Å². The standard InChI is InChI=1S/C19H21N5O4S/c1-12-2-4-13(5-3-12)10-16-18(26)21-19(23-22-16)29-11-17(25)20-14-6-8-15(9-7-14)24(27)28/h2-9,16,19,22-23H,10-11H2,1H3,(H,20,25)(H,21,26). The minimum atomic E-state index is -0.502. The zero-order valence-corrected chi connectivity index (χ0v) is 16.5. The van der Waals surface area contributed by atoms with Gasteiger partial charge in [-0.15, -0.1) is 11.8 Å². The molecule has 1 fully saturated rings. The maximum Gasteiger partial charge on any atom is 0.269 e. The van der Waals surface area contributed by atoms with Crippen molar-refractivity contribution in [1.29, 1.82) is 0 Å². The van der Waals surface area contributed by atoms with Crippen LogP contribution in [0.4, 0.5) is 11.4 Å². The van der Waals surface area contributed by atoms with E-state index in [4.69, 9.17) is 0 Å². The molecule has 1 aliphatic heterocycles. The molecule has 1 saturated heterocycles. The summed E-state index contributed by atoms with van der Waals surface area (Å²) < 4.78 is 0. The zero-order valence-electron chi connectivity index (χ0n) is 15.7. The van der Waals surface area contributed by atoms with Crippen molar-refractivity contribution in [2.45, 2.75) is 24.9 Å². The maximum absolute atomic E-state index is 12.3. The number of non-ortho nitro benzene ring substituents is 1. The van der Waals surface area contributed by atoms with E-state index in [-0.39, 0.29) is 23.3 Å². The Balaban J connectivity index is 1.42. The highest BCUT2D eigenvalue weighted by Gasteiger charge is 2.27. The first kappa shape index (κ1) is 20.8. The normalized spacial score (nSPS) is 18.7. The number of carbonyl (C=O) groups is 2. The van der Waals surface area contributed by atoms with Crippen LogP contribution in [0.2, 0.25) is 0 Å². The van der Waals surface area contributed by atoms with Crippen molar-refractivity contribution in [3.63, 3.8) is 0 Å². The van der Waals surface area contributed by atoms with Crippen LogP contribution >= 0.6 is 11.8 Å². The van der Waals surface area contributed by atoms with Crippen molar-refractivity contribution in [2.75, 3.05) is 11.1 Å². The third-order valence-electron chi connectivity index (χ3n) is 4.28. The highest BCUT2D eigenvalue weighted by Crippen LogP contribution is 2.16. The van der Waals surface area contributed by atoms with Gasteiger partial charge in [0.15, 0.2) is 0 Å². The average molecular weight is 415 g/mol. The fourth-order valence-corrected chi connectivity index (χ4v) is 3.46. The van der Waals surface area contributed by atoms with Crippen LogP contribution in [0.15, 0.2) is 48.5 Å². The smallest absolute Gasteiger partial charge is 0.269 e. The van der Waals surface area contributed by atoms with E-state index in [1.54, 1.807) is 0 Å². The number of rotatable bonds is 7. The molecule has 2 aromatic rings. The number of thioether (sulfide) groups is 1. The first-order valence-electron chi connectivity index (χ1n) is 8.93. The highest BCUT2D eigenvalue weighted by molar-refractivity contribution is 8.00. The van der Waals surface area contributed by atoms with E-state index in [2.05, 4.69) is 21.5 Å². The lowest BCUT2D eigenvalue weighted by atomic mass is 10.0. The fourth-order valence-electron chi connectivity index (χ4n) is 2.72. The van der Waals surface area contributed by atoms with Crippen LogP contribution in [0.3, 0.4) is 0 Å². The van der Waals surface area contributed by atoms with Gasteiger partial charge in [0.2, 0.25) is 11.8 Å². The number of nitro benzene ring substituents is 1. The van der Waals surface area contributed by atoms with E-state index in [0.717, 1.165) is 11.1 Å². The van der Waals surface area contributed by atoms with Gasteiger partial charge in [0.05, 0.1) is 10.7 Å². The summed E-state index contributed by atoms with van der Waals surface area (Å²) in [7, 11) is 0. The predicted octanol–water partition coefficient (Wildman–Crippen LogP) is 1.69. The number of aryl methyl sites for hydroxylation is 1. The molecule has 0 bridgehead atoms. The van der Waals surface area contributed by atoms with E-state index in [9.17, 15) is 19.7 Å². The first-order valence-corrected chi connectivity index (χ1v) is 9.98. The summed E-state index contributed by atoms with van der Waals surface area (Å²) in [5.74, 6) is -0.321. The predicted molar refractivity (Wildman–Crippen MR) is 111 cm³/mol. The lowest BCUT2D eigenvalue weighted by Gasteiger charge is -2.31. The minimum absolute atomic E-state index is 0.0437. The maximum atomic E-state index is 12.3. The van der Waals surface area contributed by atoms with Gasteiger partial charge >= 0.3 is 0 Å². The summed E-state index contributed by atoms with van der Waals surface area (Å²) in [4.78, 5) is 34.5. The molecule has 4 N–H and O–H groups in total. The Morgan fingerprint density at radius 2 is 1.83 bits per heavy atom. The van der Waals surface area contributed by atoms with Crippen LogP contribution in [0.1, 0.15) is 11.1 Å². The SMILES string of the molecule is Cc1ccc(CC2NNC(SCC(=O)Nc3ccc([N+](=O)[O-])cc3)NC2=O)cc1. The molecule has 1 aliphatic rings. The Bertz CT molecular complexity index is 888. The van der Waals surface area contributed by atoms with Crippen molar-refractivity contribution in [2.24, 2.45) is 0 Å². The summed E-state index contributed by atoms with van der Waals surface area (Å²) in [6, 6.07) is 13.2. The number of hydrogen-bond acceptors (Lipinski definition) is 7. The molecule has 3 rings (SSSR count). The van der Waals surface area contributed by atoms with Gasteiger partial charge in [0, 0.05) is 17.8 Å². The number of nitrogens with zero attached hydrogens (tertiary/aromatic N) is 1. The molecule has 2 amide bonds. The Morgan fingerprint density at radius 3 is 2.45 bits per heavy atom. The quantitative estimate of drug-likeness (QED) is 0.401. The molecule has 152 valence electrons. The lowest BCUT2D eigenvalue weighted by Crippen LogP contribution is -2.64. The molecule has 2 unspecified atom stereocenters. The van der Waals surface area contributed by atoms with Gasteiger partial charge in [-0.3, -0.25) is 19.7 Å². The Morgan fingerprint density at radius 1 is 1.14 bits per heavy atom. The highest BCUT2D eigenvalue weighted by atomic mass is 32.2. The van der Waals surface area contributed by atoms with Gasteiger partial charge in [-0.2, -0.15) is 0 Å². The molecule has 1 heterocycles. The molecular formula is C19H21N5O4S. The molecule has 0 spiro atoms. The number of nitro groups is 1. The molecule has 2 aromatic carbocycles. The van der Waals surface area contributed by atoms with E-state index >= 15 is 0 Å². The Labute approximate surface area is 171 Å². The number of hydrazine groups is 1. The van der Waals surface area contributed by atoms with Crippen LogP contribution in [-0.2, 0) is 16.0 Å². The number of anilines is 1. The van der Waals surface area contributed by atoms with E-state index in [1.807, 2.05) is 31.2 Å². The number of amides is 2. The van der Waals surface area contributed by atoms with Gasteiger partial charge in [-0.1, -0.05) is 29.8 Å². The van der Waals surface area contributed by atoms with Gasteiger partial charge in [0.25, 0.3) is 5.69 Å². The second-order valence-electron chi connectivity index (χ2n) is 6.58. The third kappa shape index (κ3) is 6.01. The van der Waals surface area contributed by atoms with Gasteiger partial charge in [0.1, 0.15) is 11.5 Å². The van der Waals surface area contributed by atoms with Gasteiger partial charge < -0.3 is 10.6 Å². The molecular weight excluding hydrogens is 394 g/mol. The van der Waals surface area contributed by atoms with E-state index in [1.165, 1.54) is 36.0 Å². The monoisotopic (exact) mass is 415 g/mol. The van der Waals surface area contributed by atoms with Crippen LogP contribution in [0.25, 0.3) is 0 Å². The second-order valence-corrected chi connectivity index (χ2v) is 7.68. The third-order valence-corrected chi connectivity index (χ3v) is 5.28. The van der Waals surface area contributed by atoms with E-state index in [0.29, 0.717) is 12.1 Å². The van der Waals surface area contributed by atoms with Crippen molar-refractivity contribution in [3.8, 4) is 0 Å². The summed E-state index contributed by atoms with van der Waals surface area (Å²) in [6.45, 7) is 2.01. The van der Waals surface area contributed by atoms with Crippen LogP contribution in [0, 0.1) is 17.0 Å². The lowest BCUT2D eigenvalue weighted by molar-refractivity contribution is -0.384. The Kier molecular flexibility index (Phi) is 6.81. The van der Waals surface area contributed by atoms with Gasteiger partial charge in [-0.05, 0) is 31.0 Å². The van der Waals surface area contributed by atoms with Crippen LogP contribution < -0.4 is 21.5 Å². The fraction of sp³-hybridized carbons (Fsp3) is 0.263. The Hall–Kier alpha value is -2.95. The number of carbonyl (C=O) groups excluding carboxylic acids is 2. The summed E-state index contributed by atoms with van der Waals surface area (Å²) >= 11 is 1.22. The summed E-state index contributed by atoms with van der Waals surface area (Å²) in [5.41, 5.74) is 8.19. The van der Waals surface area contributed by atoms with Crippen LogP contribution in [-0.4, -0.2) is 34.0 Å². The van der Waals surface area contributed by atoms with Gasteiger partial charge in [-0.25, -0.2) is 10.9 Å². The largest absolute Gasteiger partial charge is 0.329 e. The number of benzene rings is 2. The second kappa shape index (κ2) is 9.50. The molecule has 0 saturated carbocycles. The first-order chi connectivity index (χ1) is 13.9. The van der Waals surface area contributed by atoms with Crippen molar-refractivity contribution < 1.29 is 14.5 Å². The number of hydrogen-bond donors (Lipinski definition) is 4. The average Bonchev–Trinajstić information content (AvgIpc) is 2.70. The number of nitrogens with one attached hydrogen (secondary N) is 4. The molecule has 9 nitrogen and oxygen atoms in total. The van der Waals surface area contributed by atoms with Crippen molar-refractivity contribution in [1.82, 2.24) is 16.2 Å². The molecule has 0 radical (unpaired) electrons. The molecule has 10 heteroatoms.